The molecule has 3 aromatic rings. The van der Waals surface area contributed by atoms with Crippen molar-refractivity contribution in [1.29, 1.82) is 0 Å². The lowest BCUT2D eigenvalue weighted by molar-refractivity contribution is -0.859. The first-order valence-electron chi connectivity index (χ1n) is 11.0. The summed E-state index contributed by atoms with van der Waals surface area (Å²) in [4.78, 5) is 13.2. The van der Waals surface area contributed by atoms with Gasteiger partial charge in [-0.3, -0.25) is 4.79 Å². The Hall–Kier alpha value is -2.21. The van der Waals surface area contributed by atoms with E-state index in [1.165, 1.54) is 4.68 Å². The van der Waals surface area contributed by atoms with Crippen LogP contribution in [0, 0.1) is 5.21 Å². The first-order chi connectivity index (χ1) is 14.7. The van der Waals surface area contributed by atoms with Crippen molar-refractivity contribution in [2.45, 2.75) is 31.7 Å². The maximum Gasteiger partial charge on any atom is 0.274 e. The second kappa shape index (κ2) is 7.66. The van der Waals surface area contributed by atoms with Gasteiger partial charge in [0.25, 0.3) is 5.56 Å². The van der Waals surface area contributed by atoms with E-state index in [-0.39, 0.29) is 24.7 Å². The number of likely N-dealkylation sites (tertiary alicyclic amines) is 1. The Morgan fingerprint density at radius 3 is 2.68 bits per heavy atom. The molecular weight excluding hydrogens is 375 g/mol. The predicted molar refractivity (Wildman–Crippen MR) is 112 cm³/mol. The van der Waals surface area contributed by atoms with Crippen molar-refractivity contribution < 1.29 is 8.76 Å². The Kier molecular flexibility index (Phi) is 4.29. The van der Waals surface area contributed by atoms with Gasteiger partial charge >= 0.3 is 0 Å². The summed E-state index contributed by atoms with van der Waals surface area (Å²) in [5, 5.41) is 19.6. The van der Waals surface area contributed by atoms with Crippen molar-refractivity contribution >= 4 is 22.4 Å². The van der Waals surface area contributed by atoms with E-state index in [1.54, 1.807) is 6.07 Å². The van der Waals surface area contributed by atoms with Crippen LogP contribution in [0.3, 0.4) is 0 Å². The third-order valence-corrected chi connectivity index (χ3v) is 5.67. The van der Waals surface area contributed by atoms with E-state index in [0.29, 0.717) is 36.1 Å². The number of quaternary nitrogens is 1. The van der Waals surface area contributed by atoms with Crippen LogP contribution in [0.25, 0.3) is 10.8 Å². The fourth-order valence-corrected chi connectivity index (χ4v) is 4.01. The highest BCUT2D eigenvalue weighted by Crippen LogP contribution is 2.25. The Labute approximate surface area is 173 Å². The van der Waals surface area contributed by atoms with Crippen LogP contribution in [0.1, 0.15) is 40.7 Å². The molecule has 2 atom stereocenters. The minimum atomic E-state index is -2.61. The summed E-state index contributed by atoms with van der Waals surface area (Å²) in [6.45, 7) is -2.65. The average Bonchev–Trinajstić information content (AvgIpc) is 2.94. The third-order valence-electron chi connectivity index (χ3n) is 5.42. The minimum absolute atomic E-state index is 0.0208. The first kappa shape index (κ1) is 15.7. The van der Waals surface area contributed by atoms with Crippen molar-refractivity contribution in [2.75, 3.05) is 20.1 Å². The molecule has 5 nitrogen and oxygen atoms in total. The predicted octanol–water partition coefficient (Wildman–Crippen LogP) is 4.31. The Bertz CT molecular complexity index is 1150. The number of rotatable bonds is 3. The van der Waals surface area contributed by atoms with Crippen LogP contribution in [0.4, 0.5) is 0 Å². The molecule has 2 aromatic carbocycles. The van der Waals surface area contributed by atoms with E-state index in [9.17, 15) is 10.0 Å². The van der Waals surface area contributed by atoms with E-state index < -0.39 is 11.6 Å². The van der Waals surface area contributed by atoms with Gasteiger partial charge in [-0.25, -0.2) is 4.68 Å². The lowest BCUT2D eigenvalue weighted by Gasteiger charge is -2.37. The highest BCUT2D eigenvalue weighted by atomic mass is 35.5. The van der Waals surface area contributed by atoms with Crippen molar-refractivity contribution in [3.63, 3.8) is 0 Å². The molecule has 0 amide bonds. The van der Waals surface area contributed by atoms with Gasteiger partial charge in [-0.05, 0) is 36.6 Å². The fourth-order valence-electron chi connectivity index (χ4n) is 3.89. The zero-order valence-electron chi connectivity index (χ0n) is 18.5. The van der Waals surface area contributed by atoms with Crippen LogP contribution < -0.4 is 5.56 Å². The minimum Gasteiger partial charge on any atom is -0.633 e. The van der Waals surface area contributed by atoms with Crippen LogP contribution in [0.2, 0.25) is 5.02 Å². The normalized spacial score (nSPS) is 24.9. The lowest BCUT2D eigenvalue weighted by atomic mass is 10.0. The van der Waals surface area contributed by atoms with Gasteiger partial charge in [-0.1, -0.05) is 41.9 Å². The molecule has 1 saturated heterocycles. The van der Waals surface area contributed by atoms with Crippen LogP contribution >= 0.6 is 11.6 Å². The van der Waals surface area contributed by atoms with Gasteiger partial charge in [0.15, 0.2) is 0 Å². The molecule has 1 aliphatic heterocycles. The number of aromatic nitrogens is 2. The molecule has 1 fully saturated rings. The highest BCUT2D eigenvalue weighted by Gasteiger charge is 2.24. The van der Waals surface area contributed by atoms with Gasteiger partial charge in [0.05, 0.1) is 41.3 Å². The maximum atomic E-state index is 13.2. The number of hydrogen-bond donors (Lipinski definition) is 0. The summed E-state index contributed by atoms with van der Waals surface area (Å²) in [6.07, 6.45) is 1.80. The molecule has 0 saturated carbocycles. The molecule has 1 aliphatic rings. The number of hydroxylamine groups is 3. The summed E-state index contributed by atoms with van der Waals surface area (Å²) in [5.41, 5.74) is 1.58. The Balaban J connectivity index is 1.74. The van der Waals surface area contributed by atoms with Crippen LogP contribution in [0.5, 0.6) is 0 Å². The monoisotopic (exact) mass is 401 g/mol. The number of hydrogen-bond acceptors (Lipinski definition) is 3. The second-order valence-corrected chi connectivity index (χ2v) is 7.90. The topological polar surface area (TPSA) is 57.9 Å². The van der Waals surface area contributed by atoms with Gasteiger partial charge in [-0.15, -0.1) is 0 Å². The van der Waals surface area contributed by atoms with Gasteiger partial charge < -0.3 is 9.85 Å². The smallest absolute Gasteiger partial charge is 0.274 e. The number of benzene rings is 2. The summed E-state index contributed by atoms with van der Waals surface area (Å²) in [7, 11) is 0. The summed E-state index contributed by atoms with van der Waals surface area (Å²) in [5.74, 6) is 0. The molecule has 146 valence electrons. The fraction of sp³-hybridized carbons (Fsp3) is 0.364. The molecule has 0 radical (unpaired) electrons. The largest absolute Gasteiger partial charge is 0.633 e. The van der Waals surface area contributed by atoms with Crippen LogP contribution in [-0.2, 0) is 6.42 Å². The van der Waals surface area contributed by atoms with E-state index in [4.69, 9.17) is 20.8 Å². The molecule has 1 aromatic heterocycles. The average molecular weight is 402 g/mol. The standard InChI is InChI=1S/C22H24ClN3O2/c1-26(28)13-4-5-18(12-14-26)25-22(27)20-7-3-2-6-19(20)21(24-25)15-16-8-10-17(23)11-9-16/h2-3,6-11,18H,4-5,12-15H2,1H3/i1+1D3. The molecule has 0 spiro atoms. The molecule has 28 heavy (non-hydrogen) atoms. The molecule has 6 heteroatoms. The molecular formula is C22H24ClN3O2. The molecule has 2 unspecified atom stereocenters. The van der Waals surface area contributed by atoms with Crippen molar-refractivity contribution in [1.82, 2.24) is 9.78 Å². The molecule has 2 heterocycles. The Morgan fingerprint density at radius 2 is 1.93 bits per heavy atom. The van der Waals surface area contributed by atoms with Gasteiger partial charge in [0, 0.05) is 23.3 Å². The van der Waals surface area contributed by atoms with Crippen LogP contribution in [0.15, 0.2) is 53.3 Å². The number of nitrogens with zero attached hydrogens (tertiary/aromatic N) is 3. The number of halogens is 1. The van der Waals surface area contributed by atoms with Crippen LogP contribution in [-0.4, -0.2) is 34.5 Å². The van der Waals surface area contributed by atoms with Crippen molar-refractivity contribution in [3.8, 4) is 0 Å². The SMILES string of the molecule is [2H][13C]([2H])([2H])[N+]1([O-])CCCC(n2nc(Cc3ccc(Cl)cc3)c3ccccc3c2=O)CC1. The molecule has 4 rings (SSSR count). The van der Waals surface area contributed by atoms with E-state index in [1.807, 2.05) is 42.5 Å². The lowest BCUT2D eigenvalue weighted by Crippen LogP contribution is -2.38. The molecule has 0 bridgehead atoms. The second-order valence-electron chi connectivity index (χ2n) is 7.47. The van der Waals surface area contributed by atoms with Gasteiger partial charge in [-0.2, -0.15) is 5.10 Å². The number of fused-ring (bicyclic) bond motifs is 1. The summed E-state index contributed by atoms with van der Waals surface area (Å²) < 4.78 is 23.1. The third kappa shape index (κ3) is 3.97. The van der Waals surface area contributed by atoms with Gasteiger partial charge in [0.2, 0.25) is 0 Å². The Morgan fingerprint density at radius 1 is 1.18 bits per heavy atom. The van der Waals surface area contributed by atoms with Crippen molar-refractivity contribution in [2.24, 2.45) is 0 Å². The van der Waals surface area contributed by atoms with E-state index in [0.717, 1.165) is 16.6 Å². The molecule has 0 N–H and O–H groups in total. The van der Waals surface area contributed by atoms with E-state index in [2.05, 4.69) is 0 Å². The van der Waals surface area contributed by atoms with Gasteiger partial charge in [0.1, 0.15) is 0 Å². The molecule has 0 aliphatic carbocycles. The zero-order valence-corrected chi connectivity index (χ0v) is 16.2. The summed E-state index contributed by atoms with van der Waals surface area (Å²) in [6, 6.07) is 14.6. The first-order valence-corrected chi connectivity index (χ1v) is 9.89. The quantitative estimate of drug-likeness (QED) is 0.373. The van der Waals surface area contributed by atoms with Crippen molar-refractivity contribution in [3.05, 3.63) is 80.4 Å². The van der Waals surface area contributed by atoms with E-state index >= 15 is 0 Å². The highest BCUT2D eigenvalue weighted by molar-refractivity contribution is 6.30. The summed E-state index contributed by atoms with van der Waals surface area (Å²) >= 11 is 6.00. The maximum absolute atomic E-state index is 13.2. The zero-order chi connectivity index (χ0) is 22.2.